The van der Waals surface area contributed by atoms with E-state index in [-0.39, 0.29) is 5.91 Å². The Morgan fingerprint density at radius 2 is 2.08 bits per heavy atom. The third-order valence-electron chi connectivity index (χ3n) is 4.13. The summed E-state index contributed by atoms with van der Waals surface area (Å²) < 4.78 is 1.93. The minimum atomic E-state index is 0.0139. The lowest BCUT2D eigenvalue weighted by Gasteiger charge is -2.08. The van der Waals surface area contributed by atoms with Gasteiger partial charge in [-0.1, -0.05) is 49.6 Å². The van der Waals surface area contributed by atoms with Gasteiger partial charge in [-0.2, -0.15) is 0 Å². The van der Waals surface area contributed by atoms with Crippen LogP contribution in [0.15, 0.2) is 42.6 Å². The summed E-state index contributed by atoms with van der Waals surface area (Å²) >= 11 is 6.14. The monoisotopic (exact) mass is 355 g/mol. The second-order valence-corrected chi connectivity index (χ2v) is 6.70. The number of benzene rings is 1. The van der Waals surface area contributed by atoms with E-state index in [1.165, 1.54) is 0 Å². The number of anilines is 1. The molecule has 3 aromatic rings. The van der Waals surface area contributed by atoms with E-state index < -0.39 is 0 Å². The summed E-state index contributed by atoms with van der Waals surface area (Å²) in [6, 6.07) is 11.5. The maximum absolute atomic E-state index is 12.4. The first-order chi connectivity index (χ1) is 12.1. The average Bonchev–Trinajstić information content (AvgIpc) is 2.93. The van der Waals surface area contributed by atoms with Crippen molar-refractivity contribution in [1.29, 1.82) is 0 Å². The highest BCUT2D eigenvalue weighted by Gasteiger charge is 2.16. The van der Waals surface area contributed by atoms with Crippen LogP contribution in [0.4, 0.5) is 5.82 Å². The summed E-state index contributed by atoms with van der Waals surface area (Å²) in [5.41, 5.74) is 3.52. The van der Waals surface area contributed by atoms with Crippen molar-refractivity contribution >= 4 is 29.0 Å². The molecule has 0 aliphatic heterocycles. The first kappa shape index (κ1) is 17.5. The van der Waals surface area contributed by atoms with E-state index in [0.29, 0.717) is 17.3 Å². The molecule has 0 unspecified atom stereocenters. The van der Waals surface area contributed by atoms with Crippen LogP contribution in [0, 0.1) is 6.92 Å². The topological polar surface area (TPSA) is 46.4 Å². The molecule has 4 nitrogen and oxygen atoms in total. The zero-order valence-electron chi connectivity index (χ0n) is 14.6. The number of hydrogen-bond acceptors (Lipinski definition) is 2. The van der Waals surface area contributed by atoms with Crippen molar-refractivity contribution in [3.05, 3.63) is 53.2 Å². The molecule has 0 saturated carbocycles. The van der Waals surface area contributed by atoms with Crippen molar-refractivity contribution in [1.82, 2.24) is 9.38 Å². The highest BCUT2D eigenvalue weighted by Crippen LogP contribution is 2.30. The normalized spacial score (nSPS) is 11.0. The number of aryl methyl sites for hydroxylation is 1. The number of imidazole rings is 1. The molecule has 0 atom stereocenters. The molecular weight excluding hydrogens is 334 g/mol. The summed E-state index contributed by atoms with van der Waals surface area (Å²) in [5, 5.41) is 3.70. The molecule has 3 rings (SSSR count). The fraction of sp³-hybridized carbons (Fsp3) is 0.300. The van der Waals surface area contributed by atoms with Gasteiger partial charge in [-0.05, 0) is 37.1 Å². The number of nitrogens with one attached hydrogen (secondary N) is 1. The third-order valence-corrected chi connectivity index (χ3v) is 4.36. The Morgan fingerprint density at radius 3 is 2.84 bits per heavy atom. The van der Waals surface area contributed by atoms with Gasteiger partial charge in [-0.15, -0.1) is 0 Å². The Bertz CT molecular complexity index is 901. The summed E-state index contributed by atoms with van der Waals surface area (Å²) in [5.74, 6) is 0.711. The van der Waals surface area contributed by atoms with E-state index in [0.717, 1.165) is 41.7 Å². The lowest BCUT2D eigenvalue weighted by molar-refractivity contribution is -0.116. The maximum atomic E-state index is 12.4. The summed E-state index contributed by atoms with van der Waals surface area (Å²) in [4.78, 5) is 17.1. The van der Waals surface area contributed by atoms with Crippen molar-refractivity contribution < 1.29 is 4.79 Å². The molecule has 0 bridgehead atoms. The maximum Gasteiger partial charge on any atom is 0.225 e. The van der Waals surface area contributed by atoms with E-state index in [2.05, 4.69) is 12.2 Å². The fourth-order valence-electron chi connectivity index (χ4n) is 2.84. The van der Waals surface area contributed by atoms with Crippen LogP contribution in [-0.2, 0) is 4.79 Å². The Morgan fingerprint density at radius 1 is 1.24 bits per heavy atom. The average molecular weight is 356 g/mol. The molecule has 2 heterocycles. The first-order valence-electron chi connectivity index (χ1n) is 8.63. The van der Waals surface area contributed by atoms with Crippen molar-refractivity contribution in [3.8, 4) is 11.3 Å². The predicted octanol–water partition coefficient (Wildman–Crippen LogP) is 5.48. The third kappa shape index (κ3) is 4.02. The van der Waals surface area contributed by atoms with Crippen LogP contribution in [0.5, 0.6) is 0 Å². The molecule has 0 spiro atoms. The van der Waals surface area contributed by atoms with Gasteiger partial charge in [0.05, 0.1) is 0 Å². The zero-order chi connectivity index (χ0) is 17.8. The van der Waals surface area contributed by atoms with Gasteiger partial charge in [0.2, 0.25) is 5.91 Å². The SMILES string of the molecule is CCCCCC(=O)Nc1c(-c2cccc(Cl)c2)nc2ccc(C)cn12. The Labute approximate surface area is 152 Å². The van der Waals surface area contributed by atoms with Crippen LogP contribution in [-0.4, -0.2) is 15.3 Å². The second kappa shape index (κ2) is 7.70. The first-order valence-corrected chi connectivity index (χ1v) is 9.01. The molecule has 0 fully saturated rings. The van der Waals surface area contributed by atoms with Crippen molar-refractivity contribution in [2.24, 2.45) is 0 Å². The zero-order valence-corrected chi connectivity index (χ0v) is 15.3. The summed E-state index contributed by atoms with van der Waals surface area (Å²) in [7, 11) is 0. The number of nitrogens with zero attached hydrogens (tertiary/aromatic N) is 2. The van der Waals surface area contributed by atoms with Crippen LogP contribution in [0.1, 0.15) is 38.2 Å². The number of hydrogen-bond donors (Lipinski definition) is 1. The van der Waals surface area contributed by atoms with E-state index in [1.54, 1.807) is 0 Å². The summed E-state index contributed by atoms with van der Waals surface area (Å²) in [6.07, 6.45) is 5.54. The Hall–Kier alpha value is -2.33. The molecule has 25 heavy (non-hydrogen) atoms. The Balaban J connectivity index is 2.02. The number of amides is 1. The van der Waals surface area contributed by atoms with Crippen LogP contribution in [0.2, 0.25) is 5.02 Å². The van der Waals surface area contributed by atoms with E-state index in [1.807, 2.05) is 53.9 Å². The lowest BCUT2D eigenvalue weighted by Crippen LogP contribution is -2.13. The van der Waals surface area contributed by atoms with Crippen molar-refractivity contribution in [2.45, 2.75) is 39.5 Å². The molecule has 0 aliphatic rings. The standard InChI is InChI=1S/C20H22ClN3O/c1-3-4-5-9-18(25)23-20-19(15-7-6-8-16(21)12-15)22-17-11-10-14(2)13-24(17)20/h6-8,10-13H,3-5,9H2,1-2H3,(H,23,25). The Kier molecular flexibility index (Phi) is 5.39. The number of carbonyl (C=O) groups excluding carboxylic acids is 1. The van der Waals surface area contributed by atoms with Gasteiger partial charge in [0.25, 0.3) is 0 Å². The number of pyridine rings is 1. The molecule has 0 saturated heterocycles. The van der Waals surface area contributed by atoms with Gasteiger partial charge in [-0.3, -0.25) is 9.20 Å². The number of halogens is 1. The van der Waals surface area contributed by atoms with Crippen LogP contribution < -0.4 is 5.32 Å². The van der Waals surface area contributed by atoms with Gasteiger partial charge >= 0.3 is 0 Å². The minimum Gasteiger partial charge on any atom is -0.310 e. The molecule has 5 heteroatoms. The summed E-state index contributed by atoms with van der Waals surface area (Å²) in [6.45, 7) is 4.15. The fourth-order valence-corrected chi connectivity index (χ4v) is 3.03. The van der Waals surface area contributed by atoms with Crippen LogP contribution >= 0.6 is 11.6 Å². The highest BCUT2D eigenvalue weighted by atomic mass is 35.5. The molecular formula is C20H22ClN3O. The molecule has 1 aromatic carbocycles. The number of rotatable bonds is 6. The van der Waals surface area contributed by atoms with Gasteiger partial charge in [0.1, 0.15) is 17.2 Å². The molecule has 130 valence electrons. The number of aromatic nitrogens is 2. The molecule has 1 amide bonds. The molecule has 0 radical (unpaired) electrons. The predicted molar refractivity (Wildman–Crippen MR) is 103 cm³/mol. The minimum absolute atomic E-state index is 0.0139. The largest absolute Gasteiger partial charge is 0.310 e. The number of fused-ring (bicyclic) bond motifs is 1. The van der Waals surface area contributed by atoms with Gasteiger partial charge in [-0.25, -0.2) is 4.98 Å². The van der Waals surface area contributed by atoms with Crippen molar-refractivity contribution in [3.63, 3.8) is 0 Å². The molecule has 2 aromatic heterocycles. The van der Waals surface area contributed by atoms with Gasteiger partial charge < -0.3 is 5.32 Å². The smallest absolute Gasteiger partial charge is 0.225 e. The van der Waals surface area contributed by atoms with Gasteiger partial charge in [0.15, 0.2) is 0 Å². The van der Waals surface area contributed by atoms with Crippen molar-refractivity contribution in [2.75, 3.05) is 5.32 Å². The lowest BCUT2D eigenvalue weighted by atomic mass is 10.1. The van der Waals surface area contributed by atoms with Gasteiger partial charge in [0, 0.05) is 23.2 Å². The number of carbonyl (C=O) groups is 1. The van der Waals surface area contributed by atoms with E-state index in [9.17, 15) is 4.79 Å². The number of unbranched alkanes of at least 4 members (excludes halogenated alkanes) is 2. The highest BCUT2D eigenvalue weighted by molar-refractivity contribution is 6.30. The second-order valence-electron chi connectivity index (χ2n) is 6.26. The quantitative estimate of drug-likeness (QED) is 0.595. The van der Waals surface area contributed by atoms with Crippen LogP contribution in [0.25, 0.3) is 16.9 Å². The molecule has 0 aliphatic carbocycles. The van der Waals surface area contributed by atoms with Crippen LogP contribution in [0.3, 0.4) is 0 Å². The molecule has 1 N–H and O–H groups in total. The van der Waals surface area contributed by atoms with E-state index in [4.69, 9.17) is 16.6 Å². The van der Waals surface area contributed by atoms with E-state index >= 15 is 0 Å².